The van der Waals surface area contributed by atoms with Gasteiger partial charge in [0.1, 0.15) is 6.61 Å². The minimum Gasteiger partial charge on any atom is -0.477 e. The molecule has 0 spiro atoms. The standard InChI is InChI=1S/C41H67NO7/c1-6-8-10-12-14-16-17-18-19-20-21-22-24-26-28-30-32-40(44)49-37(35-47-34-33-38(41(45)46)42(3,4)5)36-48-39(43)31-29-27-25-23-15-13-11-9-7-2/h8,10,14,16,18-19,21-23,25-26,28,37-38H,6-7,9,11-13,15,17,20,24,27,29-36H2,1-5H3/p+1/b10-8+,16-14+,19-18+,22-21+,25-23+,28-26+. The average molecular weight is 687 g/mol. The molecule has 0 amide bonds. The number of rotatable bonds is 31. The van der Waals surface area contributed by atoms with E-state index >= 15 is 0 Å². The Bertz CT molecular complexity index is 1030. The van der Waals surface area contributed by atoms with E-state index in [2.05, 4.69) is 74.6 Å². The first kappa shape index (κ1) is 45.8. The molecule has 0 aliphatic carbocycles. The molecule has 8 nitrogen and oxygen atoms in total. The van der Waals surface area contributed by atoms with E-state index in [-0.39, 0.29) is 43.1 Å². The second-order valence-corrected chi connectivity index (χ2v) is 13.1. The third kappa shape index (κ3) is 30.6. The Balaban J connectivity index is 4.61. The lowest BCUT2D eigenvalue weighted by Crippen LogP contribution is -2.50. The van der Waals surface area contributed by atoms with E-state index in [1.165, 1.54) is 25.7 Å². The first-order valence-corrected chi connectivity index (χ1v) is 18.5. The largest absolute Gasteiger partial charge is 0.477 e. The Morgan fingerprint density at radius 2 is 1.18 bits per heavy atom. The number of carboxylic acids is 1. The molecule has 0 radical (unpaired) electrons. The Morgan fingerprint density at radius 3 is 1.73 bits per heavy atom. The number of hydrogen-bond acceptors (Lipinski definition) is 6. The summed E-state index contributed by atoms with van der Waals surface area (Å²) in [4.78, 5) is 36.6. The summed E-state index contributed by atoms with van der Waals surface area (Å²) in [5.41, 5.74) is 0. The predicted octanol–water partition coefficient (Wildman–Crippen LogP) is 9.24. The number of carboxylic acid groups (broad SMARTS) is 1. The van der Waals surface area contributed by atoms with E-state index in [1.54, 1.807) is 0 Å². The van der Waals surface area contributed by atoms with Crippen LogP contribution in [0.2, 0.25) is 0 Å². The molecule has 0 aromatic carbocycles. The summed E-state index contributed by atoms with van der Waals surface area (Å²) in [5.74, 6) is -1.63. The zero-order valence-corrected chi connectivity index (χ0v) is 31.4. The summed E-state index contributed by atoms with van der Waals surface area (Å²) in [6, 6.07) is -0.632. The van der Waals surface area contributed by atoms with Crippen molar-refractivity contribution in [2.24, 2.45) is 0 Å². The van der Waals surface area contributed by atoms with Gasteiger partial charge in [0.2, 0.25) is 0 Å². The fourth-order valence-corrected chi connectivity index (χ4v) is 4.73. The number of unbranched alkanes of at least 4 members (excludes halogenated alkanes) is 5. The summed E-state index contributed by atoms with van der Waals surface area (Å²) in [7, 11) is 5.47. The van der Waals surface area contributed by atoms with Gasteiger partial charge in [0.05, 0.1) is 34.4 Å². The number of likely N-dealkylation sites (N-methyl/N-ethyl adjacent to an activating group) is 1. The van der Waals surface area contributed by atoms with Crippen LogP contribution in [0.4, 0.5) is 0 Å². The van der Waals surface area contributed by atoms with Gasteiger partial charge in [-0.1, -0.05) is 106 Å². The third-order valence-electron chi connectivity index (χ3n) is 7.60. The molecular formula is C41H68NO7+. The van der Waals surface area contributed by atoms with Crippen LogP contribution in [0.5, 0.6) is 0 Å². The summed E-state index contributed by atoms with van der Waals surface area (Å²) >= 11 is 0. The number of esters is 2. The van der Waals surface area contributed by atoms with Crippen LogP contribution in [0, 0.1) is 0 Å². The first-order valence-electron chi connectivity index (χ1n) is 18.5. The van der Waals surface area contributed by atoms with E-state index < -0.39 is 24.1 Å². The maximum Gasteiger partial charge on any atom is 0.362 e. The molecule has 0 heterocycles. The smallest absolute Gasteiger partial charge is 0.362 e. The molecule has 0 aliphatic rings. The first-order chi connectivity index (χ1) is 23.6. The normalized spacial score (nSPS) is 13.9. The van der Waals surface area contributed by atoms with Gasteiger partial charge in [-0.25, -0.2) is 4.79 Å². The Kier molecular flexibility index (Phi) is 29.9. The predicted molar refractivity (Wildman–Crippen MR) is 201 cm³/mol. The Morgan fingerprint density at radius 1 is 0.633 bits per heavy atom. The molecule has 2 atom stereocenters. The number of allylic oxidation sites excluding steroid dienone is 12. The molecule has 1 N–H and O–H groups in total. The zero-order valence-electron chi connectivity index (χ0n) is 31.4. The molecule has 0 rings (SSSR count). The van der Waals surface area contributed by atoms with Gasteiger partial charge >= 0.3 is 17.9 Å². The summed E-state index contributed by atoms with van der Waals surface area (Å²) in [5, 5.41) is 9.56. The Hall–Kier alpha value is -3.23. The van der Waals surface area contributed by atoms with Crippen LogP contribution in [-0.2, 0) is 28.6 Å². The van der Waals surface area contributed by atoms with Crippen LogP contribution in [-0.4, -0.2) is 80.6 Å². The van der Waals surface area contributed by atoms with Gasteiger partial charge in [0.15, 0.2) is 12.1 Å². The van der Waals surface area contributed by atoms with E-state index in [4.69, 9.17) is 14.2 Å². The number of ether oxygens (including phenoxy) is 3. The average Bonchev–Trinajstić information content (AvgIpc) is 3.05. The van der Waals surface area contributed by atoms with Crippen molar-refractivity contribution in [3.8, 4) is 0 Å². The van der Waals surface area contributed by atoms with Crippen molar-refractivity contribution >= 4 is 17.9 Å². The maximum absolute atomic E-state index is 12.6. The molecule has 0 fully saturated rings. The van der Waals surface area contributed by atoms with Gasteiger partial charge in [-0.2, -0.15) is 0 Å². The van der Waals surface area contributed by atoms with Crippen molar-refractivity contribution in [1.29, 1.82) is 0 Å². The topological polar surface area (TPSA) is 99.1 Å². The number of carbonyl (C=O) groups excluding carboxylic acids is 2. The van der Waals surface area contributed by atoms with Crippen LogP contribution in [0.15, 0.2) is 72.9 Å². The maximum atomic E-state index is 12.6. The number of quaternary nitrogens is 1. The van der Waals surface area contributed by atoms with Gasteiger partial charge in [-0.15, -0.1) is 0 Å². The molecule has 8 heteroatoms. The van der Waals surface area contributed by atoms with Gasteiger partial charge in [0, 0.05) is 19.3 Å². The molecule has 0 aromatic heterocycles. The number of hydrogen-bond donors (Lipinski definition) is 1. The van der Waals surface area contributed by atoms with E-state index in [1.807, 2.05) is 33.3 Å². The molecule has 49 heavy (non-hydrogen) atoms. The fourth-order valence-electron chi connectivity index (χ4n) is 4.73. The van der Waals surface area contributed by atoms with Crippen molar-refractivity contribution < 1.29 is 38.2 Å². The molecule has 0 aromatic rings. The van der Waals surface area contributed by atoms with Crippen molar-refractivity contribution in [3.05, 3.63) is 72.9 Å². The molecule has 0 aliphatic heterocycles. The second-order valence-electron chi connectivity index (χ2n) is 13.1. The van der Waals surface area contributed by atoms with Crippen LogP contribution in [0.1, 0.15) is 117 Å². The van der Waals surface area contributed by atoms with E-state index in [0.717, 1.165) is 44.9 Å². The van der Waals surface area contributed by atoms with Crippen LogP contribution >= 0.6 is 0 Å². The van der Waals surface area contributed by atoms with Gasteiger partial charge in [-0.3, -0.25) is 9.59 Å². The molecule has 2 unspecified atom stereocenters. The van der Waals surface area contributed by atoms with Crippen molar-refractivity contribution in [1.82, 2.24) is 0 Å². The monoisotopic (exact) mass is 686 g/mol. The third-order valence-corrected chi connectivity index (χ3v) is 7.60. The van der Waals surface area contributed by atoms with Gasteiger partial charge < -0.3 is 23.8 Å². The quantitative estimate of drug-likeness (QED) is 0.0336. The molecule has 278 valence electrons. The van der Waals surface area contributed by atoms with Crippen LogP contribution < -0.4 is 0 Å². The molecular weight excluding hydrogens is 618 g/mol. The highest BCUT2D eigenvalue weighted by molar-refractivity contribution is 5.72. The highest BCUT2D eigenvalue weighted by Gasteiger charge is 2.31. The highest BCUT2D eigenvalue weighted by atomic mass is 16.6. The molecule has 0 saturated heterocycles. The fraction of sp³-hybridized carbons (Fsp3) is 0.634. The highest BCUT2D eigenvalue weighted by Crippen LogP contribution is 2.10. The van der Waals surface area contributed by atoms with Crippen molar-refractivity contribution in [3.63, 3.8) is 0 Å². The molecule has 0 saturated carbocycles. The van der Waals surface area contributed by atoms with Crippen LogP contribution in [0.25, 0.3) is 0 Å². The zero-order chi connectivity index (χ0) is 36.4. The lowest BCUT2D eigenvalue weighted by Gasteiger charge is -2.31. The minimum atomic E-state index is -0.894. The molecule has 0 bridgehead atoms. The van der Waals surface area contributed by atoms with E-state index in [0.29, 0.717) is 19.3 Å². The van der Waals surface area contributed by atoms with Crippen LogP contribution in [0.3, 0.4) is 0 Å². The summed E-state index contributed by atoms with van der Waals surface area (Å²) in [6.45, 7) is 4.43. The number of carbonyl (C=O) groups is 3. The summed E-state index contributed by atoms with van der Waals surface area (Å²) in [6.07, 6.45) is 38.3. The van der Waals surface area contributed by atoms with Crippen molar-refractivity contribution in [2.75, 3.05) is 41.0 Å². The van der Waals surface area contributed by atoms with Gasteiger partial charge in [0.25, 0.3) is 0 Å². The lowest BCUT2D eigenvalue weighted by atomic mass is 10.1. The lowest BCUT2D eigenvalue weighted by molar-refractivity contribution is -0.887. The summed E-state index contributed by atoms with van der Waals surface area (Å²) < 4.78 is 17.0. The number of nitrogens with zero attached hydrogens (tertiary/aromatic N) is 1. The van der Waals surface area contributed by atoms with E-state index in [9.17, 15) is 19.5 Å². The minimum absolute atomic E-state index is 0.0188. The SMILES string of the molecule is CC/C=C/C/C=C/C/C=C/C/C=C/C/C=C/CCC(=O)OC(COCCC(C(=O)O)[N+](C)(C)C)COC(=O)CCC/C=C/CCCCCC. The van der Waals surface area contributed by atoms with Gasteiger partial charge in [-0.05, 0) is 64.2 Å². The van der Waals surface area contributed by atoms with Crippen molar-refractivity contribution in [2.45, 2.75) is 129 Å². The second kappa shape index (κ2) is 32.0. The Labute approximate surface area is 298 Å². The number of aliphatic carboxylic acids is 1.